The molecule has 2 heterocycles. The monoisotopic (exact) mass is 249 g/mol. The van der Waals surface area contributed by atoms with Crippen LogP contribution in [-0.4, -0.2) is 34.9 Å². The van der Waals surface area contributed by atoms with Crippen molar-refractivity contribution in [3.05, 3.63) is 29.3 Å². The Bertz CT molecular complexity index is 488. The van der Waals surface area contributed by atoms with Crippen LogP contribution in [0.5, 0.6) is 0 Å². The van der Waals surface area contributed by atoms with Gasteiger partial charge in [0, 0.05) is 17.7 Å². The van der Waals surface area contributed by atoms with Gasteiger partial charge in [-0.3, -0.25) is 4.79 Å². The van der Waals surface area contributed by atoms with E-state index in [0.717, 1.165) is 23.2 Å². The molecule has 1 fully saturated rings. The molecule has 0 amide bonds. The number of benzene rings is 1. The van der Waals surface area contributed by atoms with Crippen molar-refractivity contribution in [2.75, 3.05) is 11.9 Å². The number of carboxylic acids is 1. The van der Waals surface area contributed by atoms with Crippen molar-refractivity contribution < 1.29 is 19.7 Å². The lowest BCUT2D eigenvalue weighted by Crippen LogP contribution is -2.45. The zero-order valence-corrected chi connectivity index (χ0v) is 9.80. The van der Waals surface area contributed by atoms with Crippen molar-refractivity contribution in [2.45, 2.75) is 31.1 Å². The van der Waals surface area contributed by atoms with E-state index in [4.69, 9.17) is 9.84 Å². The maximum Gasteiger partial charge on any atom is 0.307 e. The molecular weight excluding hydrogens is 234 g/mol. The highest BCUT2D eigenvalue weighted by Crippen LogP contribution is 2.39. The van der Waals surface area contributed by atoms with Crippen molar-refractivity contribution in [1.29, 1.82) is 0 Å². The van der Waals surface area contributed by atoms with E-state index in [1.54, 1.807) is 6.07 Å². The predicted octanol–water partition coefficient (Wildman–Crippen LogP) is 0.930. The molecule has 1 aromatic rings. The topological polar surface area (TPSA) is 78.8 Å². The number of nitrogens with one attached hydrogen (secondary N) is 1. The van der Waals surface area contributed by atoms with Crippen molar-refractivity contribution in [2.24, 2.45) is 0 Å². The van der Waals surface area contributed by atoms with Crippen molar-refractivity contribution in [3.63, 3.8) is 0 Å². The van der Waals surface area contributed by atoms with Gasteiger partial charge in [-0.25, -0.2) is 0 Å². The number of hydrogen-bond acceptors (Lipinski definition) is 4. The predicted molar refractivity (Wildman–Crippen MR) is 64.5 cm³/mol. The van der Waals surface area contributed by atoms with Gasteiger partial charge in [-0.15, -0.1) is 0 Å². The van der Waals surface area contributed by atoms with Crippen LogP contribution in [0.15, 0.2) is 18.2 Å². The highest BCUT2D eigenvalue weighted by atomic mass is 16.5. The first-order valence-electron chi connectivity index (χ1n) is 6.04. The van der Waals surface area contributed by atoms with E-state index in [0.29, 0.717) is 6.61 Å². The second-order valence-electron chi connectivity index (χ2n) is 4.87. The average molecular weight is 249 g/mol. The molecule has 0 unspecified atom stereocenters. The van der Waals surface area contributed by atoms with E-state index in [-0.39, 0.29) is 18.6 Å². The molecule has 2 bridgehead atoms. The molecule has 0 aliphatic carbocycles. The van der Waals surface area contributed by atoms with Gasteiger partial charge in [0.15, 0.2) is 0 Å². The van der Waals surface area contributed by atoms with Gasteiger partial charge in [0.1, 0.15) is 0 Å². The molecule has 18 heavy (non-hydrogen) atoms. The molecule has 0 spiro atoms. The van der Waals surface area contributed by atoms with Gasteiger partial charge in [0.05, 0.1) is 31.3 Å². The number of anilines is 1. The van der Waals surface area contributed by atoms with Gasteiger partial charge in [-0.2, -0.15) is 0 Å². The zero-order valence-electron chi connectivity index (χ0n) is 9.80. The van der Waals surface area contributed by atoms with Gasteiger partial charge in [0.2, 0.25) is 0 Å². The third kappa shape index (κ3) is 1.95. The summed E-state index contributed by atoms with van der Waals surface area (Å²) in [5.74, 6) is -0.837. The fourth-order valence-corrected chi connectivity index (χ4v) is 2.65. The Labute approximate surface area is 104 Å². The fraction of sp³-hybridized carbons (Fsp3) is 0.462. The standard InChI is InChI=1S/C13H15NO4/c15-11-6-18-12-5-10(11)14-9-2-1-7(3-8(9)12)4-13(16)17/h1-3,10-12,14-15H,4-6H2,(H,16,17)/t10-,11+,12-/m0/s1. The van der Waals surface area contributed by atoms with Crippen LogP contribution < -0.4 is 5.32 Å². The minimum atomic E-state index is -0.837. The van der Waals surface area contributed by atoms with E-state index < -0.39 is 12.1 Å². The summed E-state index contributed by atoms with van der Waals surface area (Å²) in [6, 6.07) is 5.58. The number of aliphatic carboxylic acids is 1. The number of carboxylic acid groups (broad SMARTS) is 1. The fourth-order valence-electron chi connectivity index (χ4n) is 2.65. The molecule has 0 radical (unpaired) electrons. The minimum absolute atomic E-state index is 0.0199. The van der Waals surface area contributed by atoms with Crippen LogP contribution in [0.3, 0.4) is 0 Å². The number of aliphatic hydroxyl groups excluding tert-OH is 1. The highest BCUT2D eigenvalue weighted by molar-refractivity contribution is 5.71. The summed E-state index contributed by atoms with van der Waals surface area (Å²) >= 11 is 0. The Balaban J connectivity index is 1.92. The summed E-state index contributed by atoms with van der Waals surface area (Å²) in [5.41, 5.74) is 2.71. The SMILES string of the molecule is O=C(O)Cc1ccc2c(c1)[C@@H]1C[C@H](N2)[C@H](O)CO1. The Morgan fingerprint density at radius 1 is 1.50 bits per heavy atom. The van der Waals surface area contributed by atoms with E-state index >= 15 is 0 Å². The van der Waals surface area contributed by atoms with E-state index in [1.807, 2.05) is 12.1 Å². The van der Waals surface area contributed by atoms with E-state index in [2.05, 4.69) is 5.32 Å². The molecule has 3 N–H and O–H groups in total. The third-order valence-electron chi connectivity index (χ3n) is 3.56. The largest absolute Gasteiger partial charge is 0.481 e. The molecule has 96 valence electrons. The summed E-state index contributed by atoms with van der Waals surface area (Å²) in [5, 5.41) is 21.8. The van der Waals surface area contributed by atoms with Crippen molar-refractivity contribution in [3.8, 4) is 0 Å². The normalized spacial score (nSPS) is 29.3. The maximum absolute atomic E-state index is 10.7. The first kappa shape index (κ1) is 11.5. The molecule has 0 aromatic heterocycles. The molecule has 1 saturated heterocycles. The molecule has 5 heteroatoms. The summed E-state index contributed by atoms with van der Waals surface area (Å²) in [7, 11) is 0. The number of rotatable bonds is 2. The number of hydrogen-bond donors (Lipinski definition) is 3. The third-order valence-corrected chi connectivity index (χ3v) is 3.56. The van der Waals surface area contributed by atoms with Crippen molar-refractivity contribution in [1.82, 2.24) is 0 Å². The first-order chi connectivity index (χ1) is 8.63. The minimum Gasteiger partial charge on any atom is -0.481 e. The Morgan fingerprint density at radius 2 is 2.33 bits per heavy atom. The lowest BCUT2D eigenvalue weighted by Gasteiger charge is -2.40. The lowest BCUT2D eigenvalue weighted by atomic mass is 9.89. The number of carbonyl (C=O) groups is 1. The smallest absolute Gasteiger partial charge is 0.307 e. The molecule has 3 rings (SSSR count). The van der Waals surface area contributed by atoms with Crippen LogP contribution in [0.25, 0.3) is 0 Å². The van der Waals surface area contributed by atoms with Gasteiger partial charge in [-0.05, 0) is 11.6 Å². The summed E-state index contributed by atoms with van der Waals surface area (Å²) < 4.78 is 5.61. The summed E-state index contributed by atoms with van der Waals surface area (Å²) in [4.78, 5) is 10.7. The van der Waals surface area contributed by atoms with Crippen LogP contribution >= 0.6 is 0 Å². The number of fused-ring (bicyclic) bond motifs is 4. The van der Waals surface area contributed by atoms with Crippen LogP contribution in [0.2, 0.25) is 0 Å². The van der Waals surface area contributed by atoms with Crippen LogP contribution in [0.4, 0.5) is 5.69 Å². The molecule has 2 aliphatic rings. The quantitative estimate of drug-likeness (QED) is 0.726. The lowest BCUT2D eigenvalue weighted by molar-refractivity contribution is -0.136. The Hall–Kier alpha value is -1.59. The van der Waals surface area contributed by atoms with Crippen LogP contribution in [0, 0.1) is 0 Å². The van der Waals surface area contributed by atoms with Crippen LogP contribution in [0.1, 0.15) is 23.7 Å². The molecule has 0 saturated carbocycles. The average Bonchev–Trinajstić information content (AvgIpc) is 2.34. The van der Waals surface area contributed by atoms with Gasteiger partial charge in [-0.1, -0.05) is 12.1 Å². The number of aliphatic hydroxyl groups is 1. The summed E-state index contributed by atoms with van der Waals surface area (Å²) in [6.45, 7) is 0.324. The molecule has 5 nitrogen and oxygen atoms in total. The second-order valence-corrected chi connectivity index (χ2v) is 4.87. The van der Waals surface area contributed by atoms with Gasteiger partial charge in [0.25, 0.3) is 0 Å². The van der Waals surface area contributed by atoms with Crippen LogP contribution in [-0.2, 0) is 16.0 Å². The van der Waals surface area contributed by atoms with Gasteiger partial charge < -0.3 is 20.3 Å². The zero-order chi connectivity index (χ0) is 12.7. The molecular formula is C13H15NO4. The summed E-state index contributed by atoms with van der Waals surface area (Å²) in [6.07, 6.45) is 0.230. The maximum atomic E-state index is 10.7. The second kappa shape index (κ2) is 4.26. The Morgan fingerprint density at radius 3 is 3.11 bits per heavy atom. The molecule has 2 aliphatic heterocycles. The molecule has 1 aromatic carbocycles. The highest BCUT2D eigenvalue weighted by Gasteiger charge is 2.36. The van der Waals surface area contributed by atoms with E-state index in [1.165, 1.54) is 0 Å². The Kier molecular flexibility index (Phi) is 2.72. The van der Waals surface area contributed by atoms with Crippen molar-refractivity contribution >= 4 is 11.7 Å². The van der Waals surface area contributed by atoms with E-state index in [9.17, 15) is 9.90 Å². The number of ether oxygens (including phenoxy) is 1. The van der Waals surface area contributed by atoms with Gasteiger partial charge >= 0.3 is 5.97 Å². The molecule has 3 atom stereocenters. The first-order valence-corrected chi connectivity index (χ1v) is 6.04.